The number of H-pyrrole nitrogens is 1. The maximum atomic E-state index is 13.9. The quantitative estimate of drug-likeness (QED) is 0.284. The molecular formula is C31H34N2O3. The van der Waals surface area contributed by atoms with Crippen molar-refractivity contribution in [3.05, 3.63) is 94.7 Å². The lowest BCUT2D eigenvalue weighted by molar-refractivity contribution is 0.0690. The number of unbranched alkanes of at least 4 members (excludes halogenated alkanes) is 2. The summed E-state index contributed by atoms with van der Waals surface area (Å²) in [6, 6.07) is 22.0. The summed E-state index contributed by atoms with van der Waals surface area (Å²) >= 11 is 0. The van der Waals surface area contributed by atoms with Gasteiger partial charge in [0, 0.05) is 34.3 Å². The van der Waals surface area contributed by atoms with Crippen LogP contribution in [0.3, 0.4) is 0 Å². The van der Waals surface area contributed by atoms with Gasteiger partial charge in [-0.3, -0.25) is 4.79 Å². The highest BCUT2D eigenvalue weighted by Gasteiger charge is 2.36. The number of nitrogens with one attached hydrogen (secondary N) is 1. The molecule has 0 fully saturated rings. The summed E-state index contributed by atoms with van der Waals surface area (Å²) in [5.41, 5.74) is 6.30. The molecule has 0 radical (unpaired) electrons. The average molecular weight is 483 g/mol. The van der Waals surface area contributed by atoms with Crippen LogP contribution in [0.2, 0.25) is 0 Å². The van der Waals surface area contributed by atoms with Gasteiger partial charge in [0.2, 0.25) is 0 Å². The number of amides is 1. The summed E-state index contributed by atoms with van der Waals surface area (Å²) in [5, 5.41) is 1.15. The highest BCUT2D eigenvalue weighted by molar-refractivity contribution is 5.96. The molecule has 5 rings (SSSR count). The minimum absolute atomic E-state index is 0.0351. The summed E-state index contributed by atoms with van der Waals surface area (Å²) in [7, 11) is 3.37. The number of fused-ring (bicyclic) bond motifs is 3. The van der Waals surface area contributed by atoms with E-state index >= 15 is 0 Å². The number of rotatable bonds is 8. The Morgan fingerprint density at radius 1 is 1.00 bits per heavy atom. The first kappa shape index (κ1) is 24.0. The van der Waals surface area contributed by atoms with E-state index in [0.29, 0.717) is 6.54 Å². The molecule has 0 saturated heterocycles. The zero-order chi connectivity index (χ0) is 25.1. The molecule has 1 N–H and O–H groups in total. The Morgan fingerprint density at radius 3 is 2.56 bits per heavy atom. The second kappa shape index (κ2) is 10.5. The van der Waals surface area contributed by atoms with Crippen LogP contribution in [-0.4, -0.2) is 36.6 Å². The van der Waals surface area contributed by atoms with E-state index in [2.05, 4.69) is 42.2 Å². The number of aromatic amines is 1. The van der Waals surface area contributed by atoms with Crippen LogP contribution in [0.4, 0.5) is 0 Å². The Labute approximate surface area is 213 Å². The maximum absolute atomic E-state index is 13.9. The molecule has 0 bridgehead atoms. The summed E-state index contributed by atoms with van der Waals surface area (Å²) in [6.07, 6.45) is 5.44. The largest absolute Gasteiger partial charge is 0.497 e. The van der Waals surface area contributed by atoms with Crippen molar-refractivity contribution < 1.29 is 14.3 Å². The molecule has 5 nitrogen and oxygen atoms in total. The van der Waals surface area contributed by atoms with Crippen molar-refractivity contribution in [2.45, 2.75) is 45.1 Å². The van der Waals surface area contributed by atoms with Gasteiger partial charge in [0.1, 0.15) is 17.5 Å². The molecule has 1 amide bonds. The van der Waals surface area contributed by atoms with Gasteiger partial charge < -0.3 is 19.4 Å². The highest BCUT2D eigenvalue weighted by atomic mass is 16.5. The van der Waals surface area contributed by atoms with Crippen molar-refractivity contribution >= 4 is 16.8 Å². The van der Waals surface area contributed by atoms with Gasteiger partial charge in [-0.1, -0.05) is 50.1 Å². The topological polar surface area (TPSA) is 54.6 Å². The second-order valence-electron chi connectivity index (χ2n) is 9.48. The normalized spacial score (nSPS) is 15.1. The Balaban J connectivity index is 1.55. The van der Waals surface area contributed by atoms with Crippen LogP contribution in [0.5, 0.6) is 11.5 Å². The predicted octanol–water partition coefficient (Wildman–Crippen LogP) is 6.71. The molecule has 0 aliphatic carbocycles. The van der Waals surface area contributed by atoms with Gasteiger partial charge >= 0.3 is 0 Å². The van der Waals surface area contributed by atoms with E-state index in [9.17, 15) is 4.79 Å². The number of carbonyl (C=O) groups is 1. The van der Waals surface area contributed by atoms with Crippen LogP contribution in [0.1, 0.15) is 65.0 Å². The molecular weight excluding hydrogens is 448 g/mol. The van der Waals surface area contributed by atoms with Crippen LogP contribution >= 0.6 is 0 Å². The van der Waals surface area contributed by atoms with Gasteiger partial charge in [0.25, 0.3) is 5.91 Å². The van der Waals surface area contributed by atoms with Crippen molar-refractivity contribution in [2.75, 3.05) is 20.8 Å². The minimum atomic E-state index is -0.278. The van der Waals surface area contributed by atoms with E-state index in [4.69, 9.17) is 9.47 Å². The van der Waals surface area contributed by atoms with Gasteiger partial charge in [-0.2, -0.15) is 0 Å². The zero-order valence-corrected chi connectivity index (χ0v) is 21.3. The van der Waals surface area contributed by atoms with E-state index in [1.54, 1.807) is 14.2 Å². The number of methoxy groups -OCH3 is 2. The number of aromatic nitrogens is 1. The number of aryl methyl sites for hydroxylation is 1. The fourth-order valence-corrected chi connectivity index (χ4v) is 5.39. The van der Waals surface area contributed by atoms with E-state index in [1.807, 2.05) is 41.3 Å². The molecule has 1 aliphatic rings. The van der Waals surface area contributed by atoms with Crippen LogP contribution in [0.25, 0.3) is 10.9 Å². The number of hydrogen-bond acceptors (Lipinski definition) is 3. The Hall–Kier alpha value is -3.73. The van der Waals surface area contributed by atoms with E-state index in [0.717, 1.165) is 52.1 Å². The summed E-state index contributed by atoms with van der Waals surface area (Å²) in [6.45, 7) is 2.84. The maximum Gasteiger partial charge on any atom is 0.254 e. The highest BCUT2D eigenvalue weighted by Crippen LogP contribution is 2.42. The number of ether oxygens (including phenoxy) is 2. The number of para-hydroxylation sites is 1. The fraction of sp³-hybridized carbons (Fsp3) is 0.323. The molecule has 0 spiro atoms. The molecule has 186 valence electrons. The van der Waals surface area contributed by atoms with Gasteiger partial charge in [-0.25, -0.2) is 0 Å². The minimum Gasteiger partial charge on any atom is -0.497 e. The van der Waals surface area contributed by atoms with Crippen LogP contribution in [-0.2, 0) is 12.8 Å². The zero-order valence-electron chi connectivity index (χ0n) is 21.3. The van der Waals surface area contributed by atoms with Crippen molar-refractivity contribution in [3.8, 4) is 11.5 Å². The smallest absolute Gasteiger partial charge is 0.254 e. The van der Waals surface area contributed by atoms with Crippen LogP contribution in [0, 0.1) is 0 Å². The van der Waals surface area contributed by atoms with Gasteiger partial charge in [0.15, 0.2) is 0 Å². The predicted molar refractivity (Wildman–Crippen MR) is 144 cm³/mol. The number of benzene rings is 3. The van der Waals surface area contributed by atoms with E-state index in [1.165, 1.54) is 30.4 Å². The first-order chi connectivity index (χ1) is 17.6. The Morgan fingerprint density at radius 2 is 1.81 bits per heavy atom. The molecule has 2 heterocycles. The number of nitrogens with zero attached hydrogens (tertiary/aromatic N) is 1. The molecule has 3 aromatic carbocycles. The van der Waals surface area contributed by atoms with Crippen molar-refractivity contribution in [1.29, 1.82) is 0 Å². The third-order valence-electron chi connectivity index (χ3n) is 7.30. The standard InChI is InChI=1S/C31H34N2O3/c1-4-5-6-9-21-12-14-22(15-13-21)31(34)33-19-18-24-26-20-23(35-2)16-17-27(26)32-29(24)30(33)25-10-7-8-11-28(25)36-3/h7-8,10-17,20,30,32H,4-6,9,18-19H2,1-3H3/t30-/m0/s1. The SMILES string of the molecule is CCCCCc1ccc(C(=O)N2CCc3c([nH]c4ccc(OC)cc34)[C@@H]2c2ccccc2OC)cc1. The first-order valence-corrected chi connectivity index (χ1v) is 12.9. The summed E-state index contributed by atoms with van der Waals surface area (Å²) in [4.78, 5) is 19.6. The molecule has 36 heavy (non-hydrogen) atoms. The molecule has 0 unspecified atom stereocenters. The van der Waals surface area contributed by atoms with E-state index in [-0.39, 0.29) is 11.9 Å². The van der Waals surface area contributed by atoms with Gasteiger partial charge in [-0.05, 0) is 66.8 Å². The summed E-state index contributed by atoms with van der Waals surface area (Å²) in [5.74, 6) is 1.64. The lowest BCUT2D eigenvalue weighted by Crippen LogP contribution is -2.40. The van der Waals surface area contributed by atoms with Crippen molar-refractivity contribution in [2.24, 2.45) is 0 Å². The molecule has 5 heteroatoms. The summed E-state index contributed by atoms with van der Waals surface area (Å²) < 4.78 is 11.2. The lowest BCUT2D eigenvalue weighted by atomic mass is 9.91. The molecule has 1 aliphatic heterocycles. The average Bonchev–Trinajstić information content (AvgIpc) is 3.30. The first-order valence-electron chi connectivity index (χ1n) is 12.9. The molecule has 1 atom stereocenters. The Bertz CT molecular complexity index is 1360. The lowest BCUT2D eigenvalue weighted by Gasteiger charge is -2.37. The third-order valence-corrected chi connectivity index (χ3v) is 7.30. The van der Waals surface area contributed by atoms with Crippen molar-refractivity contribution in [1.82, 2.24) is 9.88 Å². The monoisotopic (exact) mass is 482 g/mol. The number of hydrogen-bond donors (Lipinski definition) is 1. The van der Waals surface area contributed by atoms with Gasteiger partial charge in [-0.15, -0.1) is 0 Å². The molecule has 4 aromatic rings. The second-order valence-corrected chi connectivity index (χ2v) is 9.48. The number of carbonyl (C=O) groups excluding carboxylic acids is 1. The Kier molecular flexibility index (Phi) is 6.99. The van der Waals surface area contributed by atoms with Crippen LogP contribution in [0.15, 0.2) is 66.7 Å². The van der Waals surface area contributed by atoms with Crippen LogP contribution < -0.4 is 9.47 Å². The fourth-order valence-electron chi connectivity index (χ4n) is 5.39. The third kappa shape index (κ3) is 4.46. The molecule has 0 saturated carbocycles. The van der Waals surface area contributed by atoms with Crippen molar-refractivity contribution in [3.63, 3.8) is 0 Å². The van der Waals surface area contributed by atoms with Gasteiger partial charge in [0.05, 0.1) is 14.2 Å². The van der Waals surface area contributed by atoms with E-state index < -0.39 is 0 Å². The molecule has 1 aromatic heterocycles.